The number of H-pyrrole nitrogens is 1. The first kappa shape index (κ1) is 25.0. The van der Waals surface area contributed by atoms with Gasteiger partial charge < -0.3 is 20.1 Å². The lowest BCUT2D eigenvalue weighted by Crippen LogP contribution is -2.51. The number of carbonyl (C=O) groups is 2. The molecule has 0 saturated heterocycles. The number of hydrogen-bond acceptors (Lipinski definition) is 7. The van der Waals surface area contributed by atoms with Gasteiger partial charge in [-0.05, 0) is 31.4 Å². The van der Waals surface area contributed by atoms with Crippen LogP contribution >= 0.6 is 0 Å². The van der Waals surface area contributed by atoms with Crippen LogP contribution in [0.15, 0.2) is 33.9 Å². The van der Waals surface area contributed by atoms with Gasteiger partial charge >= 0.3 is 5.69 Å². The first-order chi connectivity index (χ1) is 16.1. The van der Waals surface area contributed by atoms with E-state index in [1.165, 1.54) is 21.5 Å². The van der Waals surface area contributed by atoms with Crippen molar-refractivity contribution in [3.05, 3.63) is 45.1 Å². The Labute approximate surface area is 197 Å². The quantitative estimate of drug-likeness (QED) is 0.517. The maximum Gasteiger partial charge on any atom is 0.330 e. The van der Waals surface area contributed by atoms with Crippen LogP contribution in [-0.2, 0) is 20.9 Å². The van der Waals surface area contributed by atoms with Gasteiger partial charge in [0.1, 0.15) is 18.1 Å². The predicted molar refractivity (Wildman–Crippen MR) is 128 cm³/mol. The standard InChI is InChI=1S/C23H31N5O6/c1-14(2)12-28-20(24)19(21(30)25-23(28)32)26(10-7-11-33-4)18(29)13-27-16-8-5-6-9-17(16)34-15(3)22(27)31/h5-6,8-9,14-15H,7,10-13,24H2,1-4H3,(H,25,30,32)/t15-/m0/s1. The van der Waals surface area contributed by atoms with Crippen molar-refractivity contribution in [2.24, 2.45) is 5.92 Å². The fourth-order valence-corrected chi connectivity index (χ4v) is 3.86. The average molecular weight is 474 g/mol. The molecule has 3 N–H and O–H groups in total. The number of nitrogen functional groups attached to an aromatic ring is 1. The van der Waals surface area contributed by atoms with Gasteiger partial charge in [0, 0.05) is 26.8 Å². The van der Waals surface area contributed by atoms with E-state index in [4.69, 9.17) is 15.2 Å². The number of nitrogens with zero attached hydrogens (tertiary/aromatic N) is 3. The first-order valence-electron chi connectivity index (χ1n) is 11.1. The Kier molecular flexibility index (Phi) is 7.77. The van der Waals surface area contributed by atoms with Crippen molar-refractivity contribution in [1.82, 2.24) is 9.55 Å². The number of hydrogen-bond donors (Lipinski definition) is 2. The van der Waals surface area contributed by atoms with Crippen LogP contribution < -0.4 is 31.5 Å². The molecular weight excluding hydrogens is 442 g/mol. The zero-order chi connectivity index (χ0) is 25.0. The van der Waals surface area contributed by atoms with E-state index in [-0.39, 0.29) is 43.0 Å². The molecule has 34 heavy (non-hydrogen) atoms. The molecule has 184 valence electrons. The summed E-state index contributed by atoms with van der Waals surface area (Å²) in [4.78, 5) is 56.4. The van der Waals surface area contributed by atoms with Gasteiger partial charge in [-0.3, -0.25) is 28.8 Å². The normalized spacial score (nSPS) is 15.3. The average Bonchev–Trinajstić information content (AvgIpc) is 2.78. The molecule has 0 aliphatic carbocycles. The summed E-state index contributed by atoms with van der Waals surface area (Å²) in [5, 5.41) is 0. The van der Waals surface area contributed by atoms with Crippen LogP contribution in [0.25, 0.3) is 0 Å². The Morgan fingerprint density at radius 3 is 2.65 bits per heavy atom. The van der Waals surface area contributed by atoms with E-state index in [1.54, 1.807) is 31.2 Å². The summed E-state index contributed by atoms with van der Waals surface area (Å²) in [6, 6.07) is 6.92. The number of amides is 2. The molecule has 11 nitrogen and oxygen atoms in total. The molecule has 2 amide bonds. The number of aromatic amines is 1. The number of para-hydroxylation sites is 2. The molecule has 0 saturated carbocycles. The lowest BCUT2D eigenvalue weighted by molar-refractivity contribution is -0.127. The third-order valence-electron chi connectivity index (χ3n) is 5.43. The summed E-state index contributed by atoms with van der Waals surface area (Å²) >= 11 is 0. The number of rotatable bonds is 9. The Morgan fingerprint density at radius 1 is 1.26 bits per heavy atom. The van der Waals surface area contributed by atoms with E-state index in [2.05, 4.69) is 4.98 Å². The SMILES string of the molecule is COCCCN(C(=O)CN1C(=O)[C@H](C)Oc2ccccc21)c1c(N)n(CC(C)C)c(=O)[nH]c1=O. The third-order valence-corrected chi connectivity index (χ3v) is 5.43. The smallest absolute Gasteiger partial charge is 0.330 e. The van der Waals surface area contributed by atoms with Gasteiger partial charge in [0.2, 0.25) is 5.91 Å². The van der Waals surface area contributed by atoms with Gasteiger partial charge in [-0.1, -0.05) is 26.0 Å². The minimum Gasteiger partial charge on any atom is -0.479 e. The number of anilines is 3. The number of benzene rings is 1. The molecule has 1 aromatic heterocycles. The maximum absolute atomic E-state index is 13.5. The molecule has 1 aliphatic heterocycles. The summed E-state index contributed by atoms with van der Waals surface area (Å²) < 4.78 is 12.0. The van der Waals surface area contributed by atoms with Crippen molar-refractivity contribution in [2.75, 3.05) is 42.3 Å². The summed E-state index contributed by atoms with van der Waals surface area (Å²) in [7, 11) is 1.53. The summed E-state index contributed by atoms with van der Waals surface area (Å²) in [5.74, 6) is -0.456. The van der Waals surface area contributed by atoms with Gasteiger partial charge in [-0.25, -0.2) is 4.79 Å². The van der Waals surface area contributed by atoms with Crippen molar-refractivity contribution >= 4 is 29.0 Å². The van der Waals surface area contributed by atoms with Crippen molar-refractivity contribution in [2.45, 2.75) is 39.8 Å². The number of nitrogens with one attached hydrogen (secondary N) is 1. The van der Waals surface area contributed by atoms with Crippen molar-refractivity contribution < 1.29 is 19.1 Å². The van der Waals surface area contributed by atoms with Gasteiger partial charge in [0.05, 0.1) is 5.69 Å². The number of aromatic nitrogens is 2. The highest BCUT2D eigenvalue weighted by molar-refractivity contribution is 6.07. The largest absolute Gasteiger partial charge is 0.479 e. The van der Waals surface area contributed by atoms with Crippen LogP contribution in [0.5, 0.6) is 5.75 Å². The van der Waals surface area contributed by atoms with Gasteiger partial charge in [-0.15, -0.1) is 0 Å². The minimum atomic E-state index is -0.772. The van der Waals surface area contributed by atoms with Crippen LogP contribution in [0.2, 0.25) is 0 Å². The highest BCUT2D eigenvalue weighted by Crippen LogP contribution is 2.33. The molecule has 11 heteroatoms. The van der Waals surface area contributed by atoms with Gasteiger partial charge in [0.15, 0.2) is 11.8 Å². The van der Waals surface area contributed by atoms with E-state index in [0.29, 0.717) is 24.5 Å². The van der Waals surface area contributed by atoms with Crippen LogP contribution in [0, 0.1) is 5.92 Å². The second kappa shape index (κ2) is 10.6. The molecule has 1 atom stereocenters. The molecule has 1 aromatic carbocycles. The fourth-order valence-electron chi connectivity index (χ4n) is 3.86. The molecule has 0 bridgehead atoms. The highest BCUT2D eigenvalue weighted by atomic mass is 16.5. The topological polar surface area (TPSA) is 140 Å². The molecule has 0 unspecified atom stereocenters. The van der Waals surface area contributed by atoms with Gasteiger partial charge in [0.25, 0.3) is 11.5 Å². The Hall–Kier alpha value is -3.60. The van der Waals surface area contributed by atoms with E-state index in [9.17, 15) is 19.2 Å². The second-order valence-corrected chi connectivity index (χ2v) is 8.54. The molecule has 0 spiro atoms. The predicted octanol–water partition coefficient (Wildman–Crippen LogP) is 0.958. The van der Waals surface area contributed by atoms with E-state index < -0.39 is 23.3 Å². The van der Waals surface area contributed by atoms with Crippen molar-refractivity contribution in [3.63, 3.8) is 0 Å². The number of carbonyl (C=O) groups excluding carboxylic acids is 2. The maximum atomic E-state index is 13.5. The van der Waals surface area contributed by atoms with Crippen molar-refractivity contribution in [1.29, 1.82) is 0 Å². The molecule has 0 radical (unpaired) electrons. The lowest BCUT2D eigenvalue weighted by Gasteiger charge is -2.34. The number of fused-ring (bicyclic) bond motifs is 1. The minimum absolute atomic E-state index is 0.0698. The summed E-state index contributed by atoms with van der Waals surface area (Å²) in [6.07, 6.45) is -0.361. The van der Waals surface area contributed by atoms with Gasteiger partial charge in [-0.2, -0.15) is 0 Å². The van der Waals surface area contributed by atoms with Crippen molar-refractivity contribution in [3.8, 4) is 5.75 Å². The lowest BCUT2D eigenvalue weighted by atomic mass is 10.2. The Morgan fingerprint density at radius 2 is 1.97 bits per heavy atom. The molecular formula is C23H31N5O6. The summed E-state index contributed by atoms with van der Waals surface area (Å²) in [6.45, 7) is 5.79. The highest BCUT2D eigenvalue weighted by Gasteiger charge is 2.34. The Bertz CT molecular complexity index is 1170. The second-order valence-electron chi connectivity index (χ2n) is 8.54. The number of methoxy groups -OCH3 is 1. The molecule has 3 rings (SSSR count). The van der Waals surface area contributed by atoms with E-state index in [1.807, 2.05) is 13.8 Å². The van der Waals surface area contributed by atoms with Crippen LogP contribution in [0.1, 0.15) is 27.2 Å². The zero-order valence-electron chi connectivity index (χ0n) is 19.9. The molecule has 1 aliphatic rings. The summed E-state index contributed by atoms with van der Waals surface area (Å²) in [5.41, 5.74) is 5.18. The number of ether oxygens (including phenoxy) is 2. The zero-order valence-corrected chi connectivity index (χ0v) is 19.9. The molecule has 2 aromatic rings. The molecule has 0 fully saturated rings. The van der Waals surface area contributed by atoms with Crippen LogP contribution in [-0.4, -0.2) is 54.3 Å². The van der Waals surface area contributed by atoms with Crippen LogP contribution in [0.3, 0.4) is 0 Å². The fraction of sp³-hybridized carbons (Fsp3) is 0.478. The number of nitrogens with two attached hydrogens (primary N) is 1. The first-order valence-corrected chi connectivity index (χ1v) is 11.1. The third kappa shape index (κ3) is 5.14. The monoisotopic (exact) mass is 473 g/mol. The van der Waals surface area contributed by atoms with E-state index in [0.717, 1.165) is 0 Å². The Balaban J connectivity index is 2.02. The molecule has 2 heterocycles. The van der Waals surface area contributed by atoms with Crippen LogP contribution in [0.4, 0.5) is 17.2 Å². The van der Waals surface area contributed by atoms with E-state index >= 15 is 0 Å².